The average molecular weight is 253 g/mol. The highest BCUT2D eigenvalue weighted by Crippen LogP contribution is 2.23. The van der Waals surface area contributed by atoms with Gasteiger partial charge in [-0.2, -0.15) is 4.98 Å². The summed E-state index contributed by atoms with van der Waals surface area (Å²) in [6.45, 7) is 1.59. The van der Waals surface area contributed by atoms with E-state index < -0.39 is 0 Å². The lowest BCUT2D eigenvalue weighted by molar-refractivity contribution is 0.0900. The number of ether oxygens (including phenoxy) is 1. The number of halogens is 1. The van der Waals surface area contributed by atoms with Gasteiger partial charge in [-0.1, -0.05) is 11.6 Å². The van der Waals surface area contributed by atoms with Crippen LogP contribution in [0.2, 0.25) is 5.02 Å². The van der Waals surface area contributed by atoms with E-state index in [1.165, 1.54) is 0 Å². The van der Waals surface area contributed by atoms with Crippen molar-refractivity contribution in [2.24, 2.45) is 0 Å². The van der Waals surface area contributed by atoms with Gasteiger partial charge in [-0.05, 0) is 31.0 Å². The minimum atomic E-state index is 0.382. The van der Waals surface area contributed by atoms with E-state index in [9.17, 15) is 0 Å². The Morgan fingerprint density at radius 2 is 2.12 bits per heavy atom. The summed E-state index contributed by atoms with van der Waals surface area (Å²) in [4.78, 5) is 4.36. The highest BCUT2D eigenvalue weighted by molar-refractivity contribution is 6.31. The molecule has 2 aromatic rings. The SMILES string of the molecule is Clc1ccc2oc(NC3CCOCC3)nc2c1. The van der Waals surface area contributed by atoms with E-state index in [1.807, 2.05) is 6.07 Å². The van der Waals surface area contributed by atoms with Crippen molar-refractivity contribution in [3.63, 3.8) is 0 Å². The maximum atomic E-state index is 5.90. The number of hydrogen-bond acceptors (Lipinski definition) is 4. The van der Waals surface area contributed by atoms with E-state index in [0.717, 1.165) is 37.2 Å². The van der Waals surface area contributed by atoms with Crippen molar-refractivity contribution < 1.29 is 9.15 Å². The molecule has 90 valence electrons. The maximum Gasteiger partial charge on any atom is 0.295 e. The number of aromatic nitrogens is 1. The smallest absolute Gasteiger partial charge is 0.295 e. The van der Waals surface area contributed by atoms with Gasteiger partial charge in [0.15, 0.2) is 5.58 Å². The Morgan fingerprint density at radius 3 is 2.94 bits per heavy atom. The summed E-state index contributed by atoms with van der Waals surface area (Å²) in [5.41, 5.74) is 1.54. The third kappa shape index (κ3) is 2.37. The summed E-state index contributed by atoms with van der Waals surface area (Å²) in [6.07, 6.45) is 1.97. The van der Waals surface area contributed by atoms with Crippen LogP contribution in [-0.2, 0) is 4.74 Å². The van der Waals surface area contributed by atoms with Crippen molar-refractivity contribution >= 4 is 28.7 Å². The van der Waals surface area contributed by atoms with Crippen molar-refractivity contribution in [2.75, 3.05) is 18.5 Å². The van der Waals surface area contributed by atoms with Gasteiger partial charge in [0.1, 0.15) is 5.52 Å². The Labute approximate surface area is 104 Å². The zero-order chi connectivity index (χ0) is 11.7. The highest BCUT2D eigenvalue weighted by atomic mass is 35.5. The number of oxazole rings is 1. The van der Waals surface area contributed by atoms with Crippen LogP contribution in [0.1, 0.15) is 12.8 Å². The second-order valence-electron chi connectivity index (χ2n) is 4.16. The Bertz CT molecular complexity index is 520. The molecule has 2 heterocycles. The van der Waals surface area contributed by atoms with Gasteiger partial charge in [-0.25, -0.2) is 0 Å². The fourth-order valence-electron chi connectivity index (χ4n) is 1.98. The molecular formula is C12H13ClN2O2. The molecule has 1 aromatic carbocycles. The molecule has 0 spiro atoms. The molecular weight excluding hydrogens is 240 g/mol. The molecule has 0 aliphatic carbocycles. The number of hydrogen-bond donors (Lipinski definition) is 1. The average Bonchev–Trinajstić information content (AvgIpc) is 2.71. The van der Waals surface area contributed by atoms with Crippen LogP contribution in [0.4, 0.5) is 6.01 Å². The van der Waals surface area contributed by atoms with Gasteiger partial charge in [0.05, 0.1) is 0 Å². The molecule has 1 aliphatic rings. The van der Waals surface area contributed by atoms with Crippen molar-refractivity contribution in [3.8, 4) is 0 Å². The van der Waals surface area contributed by atoms with Gasteiger partial charge in [0.2, 0.25) is 0 Å². The van der Waals surface area contributed by atoms with E-state index in [2.05, 4.69) is 10.3 Å². The largest absolute Gasteiger partial charge is 0.424 e. The zero-order valence-corrected chi connectivity index (χ0v) is 10.0. The predicted molar refractivity (Wildman–Crippen MR) is 66.5 cm³/mol. The summed E-state index contributed by atoms with van der Waals surface area (Å²) < 4.78 is 10.9. The quantitative estimate of drug-likeness (QED) is 0.892. The highest BCUT2D eigenvalue weighted by Gasteiger charge is 2.16. The minimum absolute atomic E-state index is 0.382. The Kier molecular flexibility index (Phi) is 2.91. The lowest BCUT2D eigenvalue weighted by atomic mass is 10.1. The van der Waals surface area contributed by atoms with Crippen LogP contribution in [0, 0.1) is 0 Å². The molecule has 17 heavy (non-hydrogen) atoms. The first kappa shape index (κ1) is 10.9. The molecule has 0 saturated carbocycles. The number of nitrogens with zero attached hydrogens (tertiary/aromatic N) is 1. The second-order valence-corrected chi connectivity index (χ2v) is 4.60. The van der Waals surface area contributed by atoms with Crippen LogP contribution in [0.15, 0.2) is 22.6 Å². The van der Waals surface area contributed by atoms with Crippen LogP contribution in [-0.4, -0.2) is 24.2 Å². The first-order valence-electron chi connectivity index (χ1n) is 5.71. The van der Waals surface area contributed by atoms with Crippen LogP contribution in [0.5, 0.6) is 0 Å². The van der Waals surface area contributed by atoms with E-state index in [1.54, 1.807) is 12.1 Å². The van der Waals surface area contributed by atoms with Crippen molar-refractivity contribution in [3.05, 3.63) is 23.2 Å². The first-order valence-corrected chi connectivity index (χ1v) is 6.09. The third-order valence-corrected chi connectivity index (χ3v) is 3.13. The minimum Gasteiger partial charge on any atom is -0.424 e. The van der Waals surface area contributed by atoms with E-state index in [-0.39, 0.29) is 0 Å². The van der Waals surface area contributed by atoms with Crippen molar-refractivity contribution in [1.29, 1.82) is 0 Å². The Morgan fingerprint density at radius 1 is 1.29 bits per heavy atom. The lowest BCUT2D eigenvalue weighted by Crippen LogP contribution is -2.27. The van der Waals surface area contributed by atoms with Gasteiger partial charge in [-0.15, -0.1) is 0 Å². The molecule has 1 fully saturated rings. The van der Waals surface area contributed by atoms with Gasteiger partial charge in [0.25, 0.3) is 6.01 Å². The Hall–Kier alpha value is -1.26. The topological polar surface area (TPSA) is 47.3 Å². The zero-order valence-electron chi connectivity index (χ0n) is 9.28. The summed E-state index contributed by atoms with van der Waals surface area (Å²) in [6, 6.07) is 6.38. The monoisotopic (exact) mass is 252 g/mol. The van der Waals surface area contributed by atoms with E-state index in [0.29, 0.717) is 17.1 Å². The molecule has 1 aromatic heterocycles. The van der Waals surface area contributed by atoms with Gasteiger partial charge in [0, 0.05) is 24.3 Å². The molecule has 1 saturated heterocycles. The van der Waals surface area contributed by atoms with Crippen molar-refractivity contribution in [2.45, 2.75) is 18.9 Å². The molecule has 0 bridgehead atoms. The van der Waals surface area contributed by atoms with Crippen LogP contribution in [0.3, 0.4) is 0 Å². The molecule has 5 heteroatoms. The Balaban J connectivity index is 1.80. The normalized spacial score (nSPS) is 17.5. The molecule has 1 aliphatic heterocycles. The van der Waals surface area contributed by atoms with E-state index >= 15 is 0 Å². The summed E-state index contributed by atoms with van der Waals surface area (Å²) in [5, 5.41) is 3.96. The summed E-state index contributed by atoms with van der Waals surface area (Å²) >= 11 is 5.90. The molecule has 1 N–H and O–H groups in total. The van der Waals surface area contributed by atoms with Crippen molar-refractivity contribution in [1.82, 2.24) is 4.98 Å². The first-order chi connectivity index (χ1) is 8.31. The van der Waals surface area contributed by atoms with Crippen LogP contribution >= 0.6 is 11.6 Å². The van der Waals surface area contributed by atoms with Gasteiger partial charge >= 0.3 is 0 Å². The number of rotatable bonds is 2. The number of nitrogens with one attached hydrogen (secondary N) is 1. The molecule has 0 amide bonds. The molecule has 0 atom stereocenters. The third-order valence-electron chi connectivity index (χ3n) is 2.90. The van der Waals surface area contributed by atoms with E-state index in [4.69, 9.17) is 20.8 Å². The lowest BCUT2D eigenvalue weighted by Gasteiger charge is -2.21. The predicted octanol–water partition coefficient (Wildman–Crippen LogP) is 3.07. The fraction of sp³-hybridized carbons (Fsp3) is 0.417. The molecule has 4 nitrogen and oxygen atoms in total. The number of fused-ring (bicyclic) bond motifs is 1. The summed E-state index contributed by atoms with van der Waals surface area (Å²) in [5.74, 6) is 0. The maximum absolute atomic E-state index is 5.90. The molecule has 0 radical (unpaired) electrons. The van der Waals surface area contributed by atoms with Crippen LogP contribution in [0.25, 0.3) is 11.1 Å². The van der Waals surface area contributed by atoms with Gasteiger partial charge in [-0.3, -0.25) is 0 Å². The number of benzene rings is 1. The number of anilines is 1. The summed E-state index contributed by atoms with van der Waals surface area (Å²) in [7, 11) is 0. The van der Waals surface area contributed by atoms with Gasteiger partial charge < -0.3 is 14.5 Å². The molecule has 0 unspecified atom stereocenters. The standard InChI is InChI=1S/C12H13ClN2O2/c13-8-1-2-11-10(7-8)15-12(17-11)14-9-3-5-16-6-4-9/h1-2,7,9H,3-6H2,(H,14,15). The fourth-order valence-corrected chi connectivity index (χ4v) is 2.15. The second kappa shape index (κ2) is 4.55. The van der Waals surface area contributed by atoms with Crippen LogP contribution < -0.4 is 5.32 Å². The molecule has 3 rings (SSSR count).